The molecule has 0 fully saturated rings. The van der Waals surface area contributed by atoms with Crippen LogP contribution < -0.4 is 0 Å². The Morgan fingerprint density at radius 3 is 2.81 bits per heavy atom. The zero-order valence-corrected chi connectivity index (χ0v) is 11.2. The number of pyridine rings is 1. The Morgan fingerprint density at radius 2 is 2.19 bits per heavy atom. The molecule has 0 N–H and O–H groups in total. The minimum absolute atomic E-state index is 0.161. The molecule has 2 nitrogen and oxygen atoms in total. The van der Waals surface area contributed by atoms with Crippen molar-refractivity contribution in [2.24, 2.45) is 10.9 Å². The molecule has 1 aromatic heterocycles. The third-order valence-corrected chi connectivity index (χ3v) is 5.21. The monoisotopic (exact) mass is 236 g/mol. The van der Waals surface area contributed by atoms with Crippen LogP contribution in [0.3, 0.4) is 0 Å². The fourth-order valence-corrected chi connectivity index (χ4v) is 4.35. The highest BCUT2D eigenvalue weighted by Gasteiger charge is 2.19. The van der Waals surface area contributed by atoms with E-state index in [4.69, 9.17) is 0 Å². The summed E-state index contributed by atoms with van der Waals surface area (Å²) in [4.78, 5) is 10.5. The van der Waals surface area contributed by atoms with Gasteiger partial charge in [0.1, 0.15) is 0 Å². The molecule has 0 amide bonds. The van der Waals surface area contributed by atoms with Crippen LogP contribution in [0.4, 0.5) is 0 Å². The van der Waals surface area contributed by atoms with E-state index in [1.165, 1.54) is 15.7 Å². The molecule has 1 unspecified atom stereocenters. The Morgan fingerprint density at radius 1 is 1.38 bits per heavy atom. The van der Waals surface area contributed by atoms with Crippen LogP contribution in [-0.2, 0) is 0 Å². The van der Waals surface area contributed by atoms with Gasteiger partial charge < -0.3 is 0 Å². The molecule has 1 aliphatic heterocycles. The van der Waals surface area contributed by atoms with E-state index in [0.717, 1.165) is 18.7 Å². The van der Waals surface area contributed by atoms with E-state index < -0.39 is 0 Å². The van der Waals surface area contributed by atoms with Gasteiger partial charge in [0.05, 0.1) is 5.04 Å². The van der Waals surface area contributed by atoms with Crippen LogP contribution in [0.2, 0.25) is 0 Å². The van der Waals surface area contributed by atoms with Crippen LogP contribution in [0.5, 0.6) is 0 Å². The second-order valence-corrected chi connectivity index (χ2v) is 7.04. The van der Waals surface area contributed by atoms with Crippen LogP contribution in [0.25, 0.3) is 0 Å². The molecule has 2 rings (SSSR count). The molecule has 0 saturated heterocycles. The molecule has 0 aromatic carbocycles. The molecule has 0 saturated carbocycles. The number of thiol groups is 1. The van der Waals surface area contributed by atoms with Crippen LogP contribution in [-0.4, -0.2) is 22.3 Å². The van der Waals surface area contributed by atoms with Crippen molar-refractivity contribution < 1.29 is 0 Å². The maximum Gasteiger partial charge on any atom is 0.0524 e. The first-order chi connectivity index (χ1) is 7.66. The molecule has 2 heterocycles. The molecule has 16 heavy (non-hydrogen) atoms. The van der Waals surface area contributed by atoms with Crippen molar-refractivity contribution in [2.75, 3.05) is 12.3 Å². The Labute approximate surface area is 101 Å². The number of rotatable bonds is 3. The summed E-state index contributed by atoms with van der Waals surface area (Å²) in [6.45, 7) is 7.58. The molecule has 88 valence electrons. The van der Waals surface area contributed by atoms with Crippen molar-refractivity contribution in [3.8, 4) is 0 Å². The predicted molar refractivity (Wildman–Crippen MR) is 72.9 cm³/mol. The largest absolute Gasteiger partial charge is 0.284 e. The van der Waals surface area contributed by atoms with Gasteiger partial charge in [-0.3, -0.25) is 9.98 Å². The van der Waals surface area contributed by atoms with E-state index in [1.807, 2.05) is 13.1 Å². The highest BCUT2D eigenvalue weighted by Crippen LogP contribution is 2.42. The maximum atomic E-state index is 4.67. The second kappa shape index (κ2) is 5.00. The minimum Gasteiger partial charge on any atom is -0.284 e. The van der Waals surface area contributed by atoms with E-state index in [9.17, 15) is 0 Å². The summed E-state index contributed by atoms with van der Waals surface area (Å²) in [6.07, 6.45) is 3.20. The lowest BCUT2D eigenvalue weighted by atomic mass is 10.1. The molecule has 0 aliphatic carbocycles. The number of aliphatic imine (C=N–C) groups is 1. The zero-order valence-electron chi connectivity index (χ0n) is 10.3. The lowest BCUT2D eigenvalue weighted by molar-refractivity contribution is 0.688. The summed E-state index contributed by atoms with van der Waals surface area (Å²) in [6, 6.07) is 4.35. The average molecular weight is 236 g/mol. The number of aryl methyl sites for hydroxylation is 1. The van der Waals surface area contributed by atoms with Gasteiger partial charge in [-0.25, -0.2) is 0 Å². The Kier molecular flexibility index (Phi) is 3.64. The number of hydrogen-bond acceptors (Lipinski definition) is 2. The highest BCUT2D eigenvalue weighted by atomic mass is 32.2. The van der Waals surface area contributed by atoms with Crippen molar-refractivity contribution in [2.45, 2.75) is 32.1 Å². The quantitative estimate of drug-likeness (QED) is 0.801. The fraction of sp³-hybridized carbons (Fsp3) is 0.538. The highest BCUT2D eigenvalue weighted by molar-refractivity contribution is 8.30. The van der Waals surface area contributed by atoms with Gasteiger partial charge in [0.15, 0.2) is 0 Å². The average Bonchev–Trinajstić information content (AvgIpc) is 2.66. The summed E-state index contributed by atoms with van der Waals surface area (Å²) in [5.41, 5.74) is 1.10. The molecule has 0 spiro atoms. The van der Waals surface area contributed by atoms with E-state index >= 15 is 0 Å². The van der Waals surface area contributed by atoms with E-state index in [-0.39, 0.29) is 10.9 Å². The Bertz CT molecular complexity index is 381. The zero-order chi connectivity index (χ0) is 11.5. The van der Waals surface area contributed by atoms with Gasteiger partial charge in [-0.15, -0.1) is 0 Å². The first kappa shape index (κ1) is 11.6. The summed E-state index contributed by atoms with van der Waals surface area (Å²) in [5, 5.41) is 1.44. The third-order valence-electron chi connectivity index (χ3n) is 2.73. The Hall–Kier alpha value is -0.830. The molecule has 0 bridgehead atoms. The summed E-state index contributed by atoms with van der Waals surface area (Å²) < 4.78 is 0. The van der Waals surface area contributed by atoms with Gasteiger partial charge >= 0.3 is 0 Å². The smallest absolute Gasteiger partial charge is 0.0524 e. The van der Waals surface area contributed by atoms with Crippen molar-refractivity contribution in [3.05, 3.63) is 24.0 Å². The Balaban J connectivity index is 2.15. The molecule has 1 aromatic rings. The standard InChI is InChI=1S/C13H20N2S/c1-10(2)8-13-14-6-7-16(13)12-5-4-11(3)15-9-12/h4-5,9-10,16H,6-8H2,1-3H3. The normalized spacial score (nSPS) is 22.5. The number of hydrogen-bond donors (Lipinski definition) is 1. The summed E-state index contributed by atoms with van der Waals surface area (Å²) in [5.74, 6) is 1.93. The van der Waals surface area contributed by atoms with Gasteiger partial charge in [0, 0.05) is 29.1 Å². The van der Waals surface area contributed by atoms with E-state index in [2.05, 4.69) is 36.0 Å². The lowest BCUT2D eigenvalue weighted by Crippen LogP contribution is -2.02. The van der Waals surface area contributed by atoms with Crippen LogP contribution in [0.15, 0.2) is 28.2 Å². The molecule has 0 radical (unpaired) electrons. The maximum absolute atomic E-state index is 4.67. The molecule has 1 atom stereocenters. The topological polar surface area (TPSA) is 25.2 Å². The molecule has 3 heteroatoms. The van der Waals surface area contributed by atoms with E-state index in [0.29, 0.717) is 5.92 Å². The van der Waals surface area contributed by atoms with E-state index in [1.54, 1.807) is 0 Å². The summed E-state index contributed by atoms with van der Waals surface area (Å²) in [7, 11) is -0.161. The van der Waals surface area contributed by atoms with Crippen molar-refractivity contribution in [1.82, 2.24) is 4.98 Å². The van der Waals surface area contributed by atoms with Gasteiger partial charge in [-0.1, -0.05) is 13.8 Å². The molecular formula is C13H20N2S. The molecular weight excluding hydrogens is 216 g/mol. The first-order valence-corrected chi connectivity index (χ1v) is 7.43. The van der Waals surface area contributed by atoms with Gasteiger partial charge in [-0.05, 0) is 31.4 Å². The number of aromatic nitrogens is 1. The minimum atomic E-state index is -0.161. The number of nitrogens with zero attached hydrogens (tertiary/aromatic N) is 2. The first-order valence-electron chi connectivity index (χ1n) is 5.90. The summed E-state index contributed by atoms with van der Waals surface area (Å²) >= 11 is 0. The SMILES string of the molecule is Cc1ccc([SH]2CCN=C2CC(C)C)cn1. The van der Waals surface area contributed by atoms with Gasteiger partial charge in [0.25, 0.3) is 0 Å². The van der Waals surface area contributed by atoms with Crippen LogP contribution >= 0.6 is 10.9 Å². The third kappa shape index (κ3) is 2.64. The molecule has 1 aliphatic rings. The van der Waals surface area contributed by atoms with Crippen LogP contribution in [0.1, 0.15) is 26.0 Å². The van der Waals surface area contributed by atoms with Gasteiger partial charge in [-0.2, -0.15) is 10.9 Å². The predicted octanol–water partition coefficient (Wildman–Crippen LogP) is 3.21. The lowest BCUT2D eigenvalue weighted by Gasteiger charge is -2.19. The van der Waals surface area contributed by atoms with Crippen molar-refractivity contribution in [3.63, 3.8) is 0 Å². The van der Waals surface area contributed by atoms with Crippen molar-refractivity contribution >= 4 is 15.9 Å². The second-order valence-electron chi connectivity index (χ2n) is 4.71. The fourth-order valence-electron chi connectivity index (χ4n) is 1.93. The van der Waals surface area contributed by atoms with Crippen LogP contribution in [0, 0.1) is 12.8 Å². The van der Waals surface area contributed by atoms with Gasteiger partial charge in [0.2, 0.25) is 0 Å². The van der Waals surface area contributed by atoms with Crippen molar-refractivity contribution in [1.29, 1.82) is 0 Å².